The lowest BCUT2D eigenvalue weighted by Crippen LogP contribution is -2.37. The molecule has 2 saturated heterocycles. The predicted molar refractivity (Wildman–Crippen MR) is 132 cm³/mol. The number of rotatable bonds is 3. The van der Waals surface area contributed by atoms with Crippen molar-refractivity contribution in [3.63, 3.8) is 0 Å². The first kappa shape index (κ1) is 24.6. The number of fused-ring (bicyclic) bond motifs is 4. The number of hydrogen-bond acceptors (Lipinski definition) is 8. The lowest BCUT2D eigenvalue weighted by atomic mass is 9.81. The van der Waals surface area contributed by atoms with Gasteiger partial charge in [-0.3, -0.25) is 0 Å². The smallest absolute Gasteiger partial charge is 0.417 e. The van der Waals surface area contributed by atoms with Crippen molar-refractivity contribution in [2.45, 2.75) is 24.7 Å². The van der Waals surface area contributed by atoms with E-state index >= 15 is 4.39 Å². The van der Waals surface area contributed by atoms with Gasteiger partial charge in [-0.1, -0.05) is 5.46 Å². The third-order valence-corrected chi connectivity index (χ3v) is 7.91. The van der Waals surface area contributed by atoms with Crippen LogP contribution in [0.4, 0.5) is 32.8 Å². The topological polar surface area (TPSA) is 97.3 Å². The highest BCUT2D eigenvalue weighted by Crippen LogP contribution is 2.48. The molecule has 4 aromatic rings. The van der Waals surface area contributed by atoms with E-state index in [1.807, 2.05) is 0 Å². The number of methoxy groups -OCH3 is 1. The number of nitrogen functional groups attached to an aromatic ring is 1. The van der Waals surface area contributed by atoms with Gasteiger partial charge >= 0.3 is 12.2 Å². The molecule has 2 atom stereocenters. The van der Waals surface area contributed by atoms with E-state index in [4.69, 9.17) is 23.1 Å². The lowest BCUT2D eigenvalue weighted by Gasteiger charge is -2.29. The van der Waals surface area contributed by atoms with Crippen molar-refractivity contribution in [1.29, 1.82) is 5.26 Å². The van der Waals surface area contributed by atoms with Crippen molar-refractivity contribution in [3.05, 3.63) is 34.9 Å². The van der Waals surface area contributed by atoms with Crippen LogP contribution in [0.15, 0.2) is 12.1 Å². The summed E-state index contributed by atoms with van der Waals surface area (Å²) in [7, 11) is 7.26. The minimum absolute atomic E-state index is 0.0771. The van der Waals surface area contributed by atoms with Crippen LogP contribution < -0.4 is 20.8 Å². The summed E-state index contributed by atoms with van der Waals surface area (Å²) in [5.74, 6) is -2.19. The van der Waals surface area contributed by atoms with E-state index in [0.29, 0.717) is 30.9 Å². The SMILES string of the molecule is [B]c1cc(F)c2sc(N)c(C#N)c2c1-c1c(C(F)(F)F)cc2c(N3CC4CC3CO4)nc(OC)nc2c1F. The van der Waals surface area contributed by atoms with Gasteiger partial charge in [0.2, 0.25) is 0 Å². The molecule has 2 unspecified atom stereocenters. The van der Waals surface area contributed by atoms with Crippen molar-refractivity contribution in [2.24, 2.45) is 0 Å². The first-order chi connectivity index (χ1) is 18.0. The fourth-order valence-corrected chi connectivity index (χ4v) is 6.21. The zero-order valence-electron chi connectivity index (χ0n) is 19.5. The molecule has 2 aliphatic rings. The highest BCUT2D eigenvalue weighted by Gasteiger charge is 2.42. The Morgan fingerprint density at radius 2 is 2.03 bits per heavy atom. The lowest BCUT2D eigenvalue weighted by molar-refractivity contribution is -0.137. The van der Waals surface area contributed by atoms with Crippen molar-refractivity contribution < 1.29 is 31.4 Å². The number of aromatic nitrogens is 2. The fourth-order valence-electron chi connectivity index (χ4n) is 5.28. The van der Waals surface area contributed by atoms with Crippen LogP contribution in [0.25, 0.3) is 32.1 Å². The summed E-state index contributed by atoms with van der Waals surface area (Å²) in [6.07, 6.45) is -4.54. The van der Waals surface area contributed by atoms with E-state index < -0.39 is 45.5 Å². The number of anilines is 2. The molecule has 6 rings (SSSR count). The van der Waals surface area contributed by atoms with Gasteiger partial charge < -0.3 is 20.1 Å². The second-order valence-electron chi connectivity index (χ2n) is 9.02. The van der Waals surface area contributed by atoms with E-state index in [9.17, 15) is 22.8 Å². The monoisotopic (exact) mass is 543 g/mol. The summed E-state index contributed by atoms with van der Waals surface area (Å²) in [4.78, 5) is 10.1. The quantitative estimate of drug-likeness (QED) is 0.308. The van der Waals surface area contributed by atoms with Crippen LogP contribution in [0.2, 0.25) is 0 Å². The van der Waals surface area contributed by atoms with Gasteiger partial charge in [0, 0.05) is 22.9 Å². The minimum Gasteiger partial charge on any atom is -0.467 e. The Balaban J connectivity index is 1.75. The molecular weight excluding hydrogens is 528 g/mol. The summed E-state index contributed by atoms with van der Waals surface area (Å²) in [6.45, 7) is 0.710. The average molecular weight is 543 g/mol. The van der Waals surface area contributed by atoms with E-state index in [1.54, 1.807) is 11.0 Å². The first-order valence-corrected chi connectivity index (χ1v) is 12.1. The Labute approximate surface area is 217 Å². The molecule has 2 N–H and O–H groups in total. The highest BCUT2D eigenvalue weighted by molar-refractivity contribution is 7.23. The molecule has 2 aromatic carbocycles. The van der Waals surface area contributed by atoms with E-state index in [-0.39, 0.29) is 50.0 Å². The molecule has 2 bridgehead atoms. The average Bonchev–Trinajstić information content (AvgIpc) is 3.58. The van der Waals surface area contributed by atoms with E-state index in [2.05, 4.69) is 9.97 Å². The third-order valence-electron chi connectivity index (χ3n) is 6.89. The summed E-state index contributed by atoms with van der Waals surface area (Å²) in [5.41, 5.74) is 1.77. The zero-order valence-corrected chi connectivity index (χ0v) is 20.3. The molecule has 2 aliphatic heterocycles. The molecule has 0 amide bonds. The molecular formula is C24H15BF5N5O2S. The Morgan fingerprint density at radius 3 is 2.63 bits per heavy atom. The maximum Gasteiger partial charge on any atom is 0.417 e. The van der Waals surface area contributed by atoms with E-state index in [0.717, 1.165) is 12.1 Å². The van der Waals surface area contributed by atoms with Crippen molar-refractivity contribution >= 4 is 56.5 Å². The number of hydrogen-bond donors (Lipinski definition) is 1. The molecule has 38 heavy (non-hydrogen) atoms. The number of thiophene rings is 1. The number of alkyl halides is 3. The normalized spacial score (nSPS) is 19.0. The summed E-state index contributed by atoms with van der Waals surface area (Å²) < 4.78 is 85.4. The molecule has 4 heterocycles. The van der Waals surface area contributed by atoms with Crippen LogP contribution in [-0.4, -0.2) is 50.2 Å². The number of benzene rings is 2. The largest absolute Gasteiger partial charge is 0.467 e. The van der Waals surface area contributed by atoms with E-state index in [1.165, 1.54) is 7.11 Å². The Hall–Kier alpha value is -3.70. The number of halogens is 5. The van der Waals surface area contributed by atoms with Crippen LogP contribution in [-0.2, 0) is 10.9 Å². The van der Waals surface area contributed by atoms with Crippen molar-refractivity contribution in [2.75, 3.05) is 30.9 Å². The maximum absolute atomic E-state index is 16.4. The maximum atomic E-state index is 16.4. The van der Waals surface area contributed by atoms with Crippen LogP contribution in [0.3, 0.4) is 0 Å². The molecule has 2 fully saturated rings. The first-order valence-electron chi connectivity index (χ1n) is 11.3. The molecule has 0 aliphatic carbocycles. The van der Waals surface area contributed by atoms with Gasteiger partial charge in [-0.25, -0.2) is 8.78 Å². The number of morpholine rings is 1. The molecule has 7 nitrogen and oxygen atoms in total. The van der Waals surface area contributed by atoms with Gasteiger partial charge in [-0.2, -0.15) is 28.4 Å². The molecule has 192 valence electrons. The number of nitriles is 1. The van der Waals surface area contributed by atoms with Crippen molar-refractivity contribution in [3.8, 4) is 23.2 Å². The Kier molecular flexibility index (Phi) is 5.45. The van der Waals surface area contributed by atoms with Gasteiger partial charge in [0.15, 0.2) is 5.82 Å². The standard InChI is InChI=1S/C24H15BF5N5O2S/c1-36-23-33-19-10(22(34-23)35-6-9-2-8(35)7-37-9)3-12(24(28,29)30)16(18(19)27)17-13(25)4-14(26)20-15(17)11(5-31)21(32)38-20/h3-4,8-9H,2,6-7,32H2,1H3. The molecule has 0 spiro atoms. The summed E-state index contributed by atoms with van der Waals surface area (Å²) in [6, 6.07) is 2.90. The second kappa shape index (κ2) is 8.41. The third kappa shape index (κ3) is 3.49. The number of nitrogens with zero attached hydrogens (tertiary/aromatic N) is 4. The van der Waals surface area contributed by atoms with Gasteiger partial charge in [-0.15, -0.1) is 11.3 Å². The second-order valence-corrected chi connectivity index (χ2v) is 10.1. The fraction of sp³-hybridized carbons (Fsp3) is 0.292. The molecule has 0 saturated carbocycles. The number of nitrogens with two attached hydrogens (primary N) is 1. The van der Waals surface area contributed by atoms with Gasteiger partial charge in [-0.05, 0) is 24.1 Å². The zero-order chi connectivity index (χ0) is 27.1. The van der Waals surface area contributed by atoms with Crippen LogP contribution >= 0.6 is 11.3 Å². The molecule has 14 heteroatoms. The van der Waals surface area contributed by atoms with Crippen molar-refractivity contribution in [1.82, 2.24) is 9.97 Å². The number of ether oxygens (including phenoxy) is 2. The van der Waals surface area contributed by atoms with Gasteiger partial charge in [0.25, 0.3) is 0 Å². The van der Waals surface area contributed by atoms with Gasteiger partial charge in [0.05, 0.1) is 41.7 Å². The Morgan fingerprint density at radius 1 is 1.26 bits per heavy atom. The van der Waals surface area contributed by atoms with Gasteiger partial charge in [0.1, 0.15) is 36.1 Å². The summed E-state index contributed by atoms with van der Waals surface area (Å²) >= 11 is 0.659. The predicted octanol–water partition coefficient (Wildman–Crippen LogP) is 4.04. The van der Waals surface area contributed by atoms with Crippen LogP contribution in [0.1, 0.15) is 17.5 Å². The highest BCUT2D eigenvalue weighted by atomic mass is 32.1. The summed E-state index contributed by atoms with van der Waals surface area (Å²) in [5, 5.41) is 9.03. The minimum atomic E-state index is -5.07. The molecule has 2 radical (unpaired) electrons. The Bertz CT molecular complexity index is 1700. The molecule has 2 aromatic heterocycles. The van der Waals surface area contributed by atoms with Crippen LogP contribution in [0.5, 0.6) is 6.01 Å². The van der Waals surface area contributed by atoms with Crippen LogP contribution in [0, 0.1) is 23.0 Å².